The van der Waals surface area contributed by atoms with E-state index in [4.69, 9.17) is 5.73 Å². The number of halogens is 1. The van der Waals surface area contributed by atoms with Gasteiger partial charge in [0.25, 0.3) is 0 Å². The molecule has 1 heterocycles. The molecule has 0 saturated carbocycles. The largest absolute Gasteiger partial charge is 0.346 e. The second-order valence-corrected chi connectivity index (χ2v) is 4.94. The average Bonchev–Trinajstić information content (AvgIpc) is 2.39. The lowest BCUT2D eigenvalue weighted by atomic mass is 10.1. The molecule has 2 rings (SSSR count). The molecule has 1 unspecified atom stereocenters. The summed E-state index contributed by atoms with van der Waals surface area (Å²) in [7, 11) is 2.07. The number of aryl methyl sites for hydroxylation is 2. The Labute approximate surface area is 98.2 Å². The van der Waals surface area contributed by atoms with Crippen LogP contribution in [0.1, 0.15) is 24.2 Å². The van der Waals surface area contributed by atoms with Crippen LogP contribution in [-0.2, 0) is 7.05 Å². The molecule has 3 heteroatoms. The van der Waals surface area contributed by atoms with Crippen molar-refractivity contribution >= 4 is 26.8 Å². The average molecular weight is 267 g/mol. The first kappa shape index (κ1) is 10.7. The summed E-state index contributed by atoms with van der Waals surface area (Å²) < 4.78 is 3.28. The van der Waals surface area contributed by atoms with Gasteiger partial charge in [0.15, 0.2) is 0 Å². The zero-order chi connectivity index (χ0) is 11.2. The number of hydrogen-bond donors (Lipinski definition) is 1. The molecule has 2 nitrogen and oxygen atoms in total. The molecule has 0 radical (unpaired) electrons. The molecule has 0 bridgehead atoms. The van der Waals surface area contributed by atoms with E-state index >= 15 is 0 Å². The minimum atomic E-state index is 0.0705. The monoisotopic (exact) mass is 266 g/mol. The van der Waals surface area contributed by atoms with Crippen LogP contribution in [0.25, 0.3) is 10.9 Å². The van der Waals surface area contributed by atoms with Crippen molar-refractivity contribution in [2.75, 3.05) is 0 Å². The molecule has 0 saturated heterocycles. The lowest BCUT2D eigenvalue weighted by Crippen LogP contribution is -2.11. The molecule has 1 atom stereocenters. The van der Waals surface area contributed by atoms with Gasteiger partial charge in [-0.2, -0.15) is 0 Å². The Hall–Kier alpha value is -0.800. The molecule has 2 aromatic rings. The predicted octanol–water partition coefficient (Wildman–Crippen LogP) is 3.27. The Bertz CT molecular complexity index is 512. The second kappa shape index (κ2) is 3.65. The van der Waals surface area contributed by atoms with Crippen LogP contribution < -0.4 is 5.73 Å². The summed E-state index contributed by atoms with van der Waals surface area (Å²) in [5.74, 6) is 0. The van der Waals surface area contributed by atoms with Crippen molar-refractivity contribution in [2.24, 2.45) is 12.8 Å². The van der Waals surface area contributed by atoms with Crippen molar-refractivity contribution in [3.05, 3.63) is 33.9 Å². The van der Waals surface area contributed by atoms with E-state index in [2.05, 4.69) is 52.7 Å². The fraction of sp³-hybridized carbons (Fsp3) is 0.333. The Kier molecular flexibility index (Phi) is 2.61. The maximum absolute atomic E-state index is 5.98. The predicted molar refractivity (Wildman–Crippen MR) is 68.0 cm³/mol. The summed E-state index contributed by atoms with van der Waals surface area (Å²) in [6.45, 7) is 4.16. The molecule has 1 aromatic heterocycles. The number of nitrogens with two attached hydrogens (primary N) is 1. The van der Waals surface area contributed by atoms with Crippen LogP contribution in [0.4, 0.5) is 0 Å². The van der Waals surface area contributed by atoms with Crippen LogP contribution >= 0.6 is 15.9 Å². The fourth-order valence-corrected chi connectivity index (χ4v) is 2.61. The number of fused-ring (bicyclic) bond motifs is 1. The van der Waals surface area contributed by atoms with Gasteiger partial charge in [-0.1, -0.05) is 22.0 Å². The van der Waals surface area contributed by atoms with Crippen LogP contribution in [0, 0.1) is 6.92 Å². The fourth-order valence-electron chi connectivity index (χ4n) is 2.27. The highest BCUT2D eigenvalue weighted by Gasteiger charge is 2.14. The van der Waals surface area contributed by atoms with E-state index in [9.17, 15) is 0 Å². The van der Waals surface area contributed by atoms with Gasteiger partial charge in [0, 0.05) is 34.2 Å². The van der Waals surface area contributed by atoms with Crippen molar-refractivity contribution in [1.29, 1.82) is 0 Å². The summed E-state index contributed by atoms with van der Waals surface area (Å²) in [6, 6.07) is 6.41. The Balaban J connectivity index is 2.85. The van der Waals surface area contributed by atoms with E-state index in [1.54, 1.807) is 0 Å². The van der Waals surface area contributed by atoms with E-state index in [-0.39, 0.29) is 6.04 Å². The SMILES string of the molecule is Cc1c(C(C)N)n(C)c2cc(Br)ccc12. The van der Waals surface area contributed by atoms with Crippen LogP contribution in [0.5, 0.6) is 0 Å². The summed E-state index contributed by atoms with van der Waals surface area (Å²) >= 11 is 3.49. The lowest BCUT2D eigenvalue weighted by molar-refractivity contribution is 0.720. The number of hydrogen-bond acceptors (Lipinski definition) is 1. The van der Waals surface area contributed by atoms with Crippen LogP contribution in [0.2, 0.25) is 0 Å². The van der Waals surface area contributed by atoms with Crippen LogP contribution in [0.3, 0.4) is 0 Å². The van der Waals surface area contributed by atoms with Gasteiger partial charge in [-0.05, 0) is 31.5 Å². The normalized spacial score (nSPS) is 13.4. The van der Waals surface area contributed by atoms with E-state index in [1.165, 1.54) is 22.2 Å². The number of nitrogens with zero attached hydrogens (tertiary/aromatic N) is 1. The Morgan fingerprint density at radius 2 is 2.07 bits per heavy atom. The molecule has 0 aliphatic rings. The second-order valence-electron chi connectivity index (χ2n) is 4.02. The minimum Gasteiger partial charge on any atom is -0.346 e. The van der Waals surface area contributed by atoms with Crippen molar-refractivity contribution < 1.29 is 0 Å². The quantitative estimate of drug-likeness (QED) is 0.844. The highest BCUT2D eigenvalue weighted by molar-refractivity contribution is 9.10. The van der Waals surface area contributed by atoms with Crippen molar-refractivity contribution in [1.82, 2.24) is 4.57 Å². The molecular weight excluding hydrogens is 252 g/mol. The first-order valence-corrected chi connectivity index (χ1v) is 5.81. The van der Waals surface area contributed by atoms with Gasteiger partial charge in [-0.15, -0.1) is 0 Å². The topological polar surface area (TPSA) is 30.9 Å². The smallest absolute Gasteiger partial charge is 0.0494 e. The van der Waals surface area contributed by atoms with Gasteiger partial charge in [0.2, 0.25) is 0 Å². The summed E-state index contributed by atoms with van der Waals surface area (Å²) in [5.41, 5.74) is 9.71. The first-order valence-electron chi connectivity index (χ1n) is 5.02. The Morgan fingerprint density at radius 1 is 1.40 bits per heavy atom. The van der Waals surface area contributed by atoms with Crippen molar-refractivity contribution in [3.8, 4) is 0 Å². The summed E-state index contributed by atoms with van der Waals surface area (Å²) in [6.07, 6.45) is 0. The summed E-state index contributed by atoms with van der Waals surface area (Å²) in [4.78, 5) is 0. The third-order valence-electron chi connectivity index (χ3n) is 2.90. The molecule has 2 N–H and O–H groups in total. The standard InChI is InChI=1S/C12H15BrN2/c1-7-10-5-4-9(13)6-11(10)15(3)12(7)8(2)14/h4-6,8H,14H2,1-3H3. The zero-order valence-corrected chi connectivity index (χ0v) is 10.8. The maximum Gasteiger partial charge on any atom is 0.0494 e. The van der Waals surface area contributed by atoms with E-state index in [0.29, 0.717) is 0 Å². The van der Waals surface area contributed by atoms with Gasteiger partial charge in [-0.25, -0.2) is 0 Å². The Morgan fingerprint density at radius 3 is 2.67 bits per heavy atom. The van der Waals surface area contributed by atoms with E-state index in [1.807, 2.05) is 6.92 Å². The minimum absolute atomic E-state index is 0.0705. The molecule has 1 aromatic carbocycles. The number of benzene rings is 1. The zero-order valence-electron chi connectivity index (χ0n) is 9.21. The van der Waals surface area contributed by atoms with Crippen molar-refractivity contribution in [3.63, 3.8) is 0 Å². The van der Waals surface area contributed by atoms with Crippen LogP contribution in [0.15, 0.2) is 22.7 Å². The number of rotatable bonds is 1. The van der Waals surface area contributed by atoms with Crippen molar-refractivity contribution in [2.45, 2.75) is 19.9 Å². The third-order valence-corrected chi connectivity index (χ3v) is 3.40. The third kappa shape index (κ3) is 1.60. The van der Waals surface area contributed by atoms with E-state index in [0.717, 1.165) is 4.47 Å². The van der Waals surface area contributed by atoms with Gasteiger partial charge in [0.1, 0.15) is 0 Å². The highest BCUT2D eigenvalue weighted by atomic mass is 79.9. The molecule has 0 amide bonds. The van der Waals surface area contributed by atoms with Gasteiger partial charge < -0.3 is 10.3 Å². The molecule has 0 fully saturated rings. The van der Waals surface area contributed by atoms with Crippen LogP contribution in [-0.4, -0.2) is 4.57 Å². The van der Waals surface area contributed by atoms with E-state index < -0.39 is 0 Å². The molecule has 15 heavy (non-hydrogen) atoms. The molecule has 0 spiro atoms. The molecule has 80 valence electrons. The summed E-state index contributed by atoms with van der Waals surface area (Å²) in [5, 5.41) is 1.29. The molecular formula is C12H15BrN2. The first-order chi connectivity index (χ1) is 7.02. The molecule has 0 aliphatic carbocycles. The lowest BCUT2D eigenvalue weighted by Gasteiger charge is -2.08. The van der Waals surface area contributed by atoms with Gasteiger partial charge in [-0.3, -0.25) is 0 Å². The maximum atomic E-state index is 5.98. The van der Waals surface area contributed by atoms with Gasteiger partial charge in [0.05, 0.1) is 0 Å². The highest BCUT2D eigenvalue weighted by Crippen LogP contribution is 2.29. The number of aromatic nitrogens is 1. The molecule has 0 aliphatic heterocycles. The van der Waals surface area contributed by atoms with Gasteiger partial charge >= 0.3 is 0 Å².